The van der Waals surface area contributed by atoms with Gasteiger partial charge in [0.2, 0.25) is 0 Å². The normalized spacial score (nSPS) is 10.8. The van der Waals surface area contributed by atoms with Gasteiger partial charge in [-0.2, -0.15) is 0 Å². The Bertz CT molecular complexity index is 520. The molecule has 0 unspecified atom stereocenters. The predicted molar refractivity (Wildman–Crippen MR) is 66.7 cm³/mol. The van der Waals surface area contributed by atoms with E-state index in [1.165, 1.54) is 0 Å². The molecule has 0 bridgehead atoms. The number of nitrogens with two attached hydrogens (primary N) is 1. The lowest BCUT2D eigenvalue weighted by molar-refractivity contribution is 0.998. The Morgan fingerprint density at radius 2 is 2.12 bits per heavy atom. The summed E-state index contributed by atoms with van der Waals surface area (Å²) in [6.45, 7) is 2.28. The molecule has 1 aromatic carbocycles. The average Bonchev–Trinajstić information content (AvgIpc) is 2.59. The van der Waals surface area contributed by atoms with Crippen LogP contribution in [-0.2, 0) is 6.54 Å². The Balaban J connectivity index is 2.57. The van der Waals surface area contributed by atoms with Gasteiger partial charge in [-0.05, 0) is 25.1 Å². The van der Waals surface area contributed by atoms with Crippen molar-refractivity contribution in [1.82, 2.24) is 9.97 Å². The highest BCUT2D eigenvalue weighted by atomic mass is 35.5. The summed E-state index contributed by atoms with van der Waals surface area (Å²) >= 11 is 12.0. The van der Waals surface area contributed by atoms with Gasteiger partial charge in [0.1, 0.15) is 5.82 Å². The first-order chi connectivity index (χ1) is 7.61. The van der Waals surface area contributed by atoms with Gasteiger partial charge in [-0.15, -0.1) is 0 Å². The SMILES string of the molecule is Cc1nc(-c2ccc(Cl)cc2Cl)c(CN)[nH]1. The number of hydrogen-bond donors (Lipinski definition) is 2. The number of hydrogen-bond acceptors (Lipinski definition) is 2. The number of aromatic amines is 1. The number of aryl methyl sites for hydroxylation is 1. The molecule has 3 nitrogen and oxygen atoms in total. The third-order valence-corrected chi connectivity index (χ3v) is 2.84. The zero-order valence-corrected chi connectivity index (χ0v) is 10.2. The second kappa shape index (κ2) is 4.45. The summed E-state index contributed by atoms with van der Waals surface area (Å²) in [6, 6.07) is 5.33. The molecule has 5 heteroatoms. The number of imidazole rings is 1. The van der Waals surface area contributed by atoms with E-state index in [4.69, 9.17) is 28.9 Å². The van der Waals surface area contributed by atoms with Crippen LogP contribution in [0.25, 0.3) is 11.3 Å². The van der Waals surface area contributed by atoms with Crippen molar-refractivity contribution in [2.75, 3.05) is 0 Å². The van der Waals surface area contributed by atoms with Crippen LogP contribution in [0.1, 0.15) is 11.5 Å². The topological polar surface area (TPSA) is 54.7 Å². The fourth-order valence-electron chi connectivity index (χ4n) is 1.59. The zero-order chi connectivity index (χ0) is 11.7. The molecule has 0 saturated heterocycles. The summed E-state index contributed by atoms with van der Waals surface area (Å²) in [5.74, 6) is 0.821. The third-order valence-electron chi connectivity index (χ3n) is 2.29. The van der Waals surface area contributed by atoms with Crippen LogP contribution in [0.5, 0.6) is 0 Å². The van der Waals surface area contributed by atoms with Gasteiger partial charge >= 0.3 is 0 Å². The maximum absolute atomic E-state index is 6.12. The molecule has 0 aliphatic carbocycles. The summed E-state index contributed by atoms with van der Waals surface area (Å²) < 4.78 is 0. The number of rotatable bonds is 2. The number of nitrogens with one attached hydrogen (secondary N) is 1. The summed E-state index contributed by atoms with van der Waals surface area (Å²) in [6.07, 6.45) is 0. The number of benzene rings is 1. The van der Waals surface area contributed by atoms with Crippen molar-refractivity contribution in [1.29, 1.82) is 0 Å². The van der Waals surface area contributed by atoms with Crippen LogP contribution in [0, 0.1) is 6.92 Å². The van der Waals surface area contributed by atoms with Crippen LogP contribution in [-0.4, -0.2) is 9.97 Å². The Labute approximate surface area is 104 Å². The van der Waals surface area contributed by atoms with Crippen LogP contribution in [0.3, 0.4) is 0 Å². The molecule has 3 N–H and O–H groups in total. The van der Waals surface area contributed by atoms with Crippen LogP contribution < -0.4 is 5.73 Å². The van der Waals surface area contributed by atoms with E-state index in [-0.39, 0.29) is 0 Å². The third kappa shape index (κ3) is 2.07. The van der Waals surface area contributed by atoms with E-state index < -0.39 is 0 Å². The smallest absolute Gasteiger partial charge is 0.103 e. The van der Waals surface area contributed by atoms with Gasteiger partial charge in [0.15, 0.2) is 0 Å². The molecule has 0 aliphatic heterocycles. The maximum Gasteiger partial charge on any atom is 0.103 e. The largest absolute Gasteiger partial charge is 0.345 e. The molecule has 0 aliphatic rings. The first-order valence-electron chi connectivity index (χ1n) is 4.83. The Morgan fingerprint density at radius 3 is 2.75 bits per heavy atom. The van der Waals surface area contributed by atoms with Crippen molar-refractivity contribution in [3.05, 3.63) is 39.8 Å². The van der Waals surface area contributed by atoms with Crippen molar-refractivity contribution < 1.29 is 0 Å². The van der Waals surface area contributed by atoms with Gasteiger partial charge in [-0.3, -0.25) is 0 Å². The van der Waals surface area contributed by atoms with Gasteiger partial charge < -0.3 is 10.7 Å². The van der Waals surface area contributed by atoms with E-state index in [0.717, 1.165) is 22.8 Å². The van der Waals surface area contributed by atoms with E-state index in [0.29, 0.717) is 16.6 Å². The van der Waals surface area contributed by atoms with Gasteiger partial charge in [-0.1, -0.05) is 23.2 Å². The average molecular weight is 256 g/mol. The molecule has 0 spiro atoms. The van der Waals surface area contributed by atoms with Crippen LogP contribution in [0.2, 0.25) is 10.0 Å². The van der Waals surface area contributed by atoms with E-state index in [1.54, 1.807) is 12.1 Å². The second-order valence-electron chi connectivity index (χ2n) is 3.48. The first kappa shape index (κ1) is 11.5. The number of aromatic nitrogens is 2. The quantitative estimate of drug-likeness (QED) is 0.867. The van der Waals surface area contributed by atoms with Gasteiger partial charge in [0.25, 0.3) is 0 Å². The van der Waals surface area contributed by atoms with Gasteiger partial charge in [-0.25, -0.2) is 4.98 Å². The molecule has 0 saturated carbocycles. The Kier molecular flexibility index (Phi) is 3.19. The Hall–Kier alpha value is -1.03. The summed E-state index contributed by atoms with van der Waals surface area (Å²) in [5.41, 5.74) is 8.15. The fraction of sp³-hybridized carbons (Fsp3) is 0.182. The molecule has 84 valence electrons. The molecule has 0 radical (unpaired) electrons. The summed E-state index contributed by atoms with van der Waals surface area (Å²) in [4.78, 5) is 7.49. The molecular formula is C11H11Cl2N3. The van der Waals surface area contributed by atoms with Crippen LogP contribution >= 0.6 is 23.2 Å². The highest BCUT2D eigenvalue weighted by Gasteiger charge is 2.12. The highest BCUT2D eigenvalue weighted by Crippen LogP contribution is 2.31. The predicted octanol–water partition coefficient (Wildman–Crippen LogP) is 3.15. The summed E-state index contributed by atoms with van der Waals surface area (Å²) in [7, 11) is 0. The van der Waals surface area contributed by atoms with E-state index in [9.17, 15) is 0 Å². The minimum absolute atomic E-state index is 0.398. The van der Waals surface area contributed by atoms with Crippen molar-refractivity contribution >= 4 is 23.2 Å². The minimum Gasteiger partial charge on any atom is -0.345 e. The number of H-pyrrole nitrogens is 1. The molecule has 0 atom stereocenters. The molecular weight excluding hydrogens is 245 g/mol. The van der Waals surface area contributed by atoms with Crippen molar-refractivity contribution in [2.45, 2.75) is 13.5 Å². The van der Waals surface area contributed by atoms with Crippen LogP contribution in [0.4, 0.5) is 0 Å². The lowest BCUT2D eigenvalue weighted by atomic mass is 10.1. The van der Waals surface area contributed by atoms with Gasteiger partial charge in [0, 0.05) is 17.1 Å². The molecule has 2 rings (SSSR count). The lowest BCUT2D eigenvalue weighted by Gasteiger charge is -2.03. The molecule has 1 aromatic heterocycles. The fourth-order valence-corrected chi connectivity index (χ4v) is 2.09. The molecule has 0 fully saturated rings. The maximum atomic E-state index is 6.12. The van der Waals surface area contributed by atoms with Crippen LogP contribution in [0.15, 0.2) is 18.2 Å². The van der Waals surface area contributed by atoms with Crippen molar-refractivity contribution in [3.8, 4) is 11.3 Å². The van der Waals surface area contributed by atoms with E-state index >= 15 is 0 Å². The monoisotopic (exact) mass is 255 g/mol. The zero-order valence-electron chi connectivity index (χ0n) is 8.72. The molecule has 16 heavy (non-hydrogen) atoms. The number of nitrogens with zero attached hydrogens (tertiary/aromatic N) is 1. The molecule has 2 aromatic rings. The van der Waals surface area contributed by atoms with Crippen molar-refractivity contribution in [3.63, 3.8) is 0 Å². The Morgan fingerprint density at radius 1 is 1.38 bits per heavy atom. The van der Waals surface area contributed by atoms with Crippen molar-refractivity contribution in [2.24, 2.45) is 5.73 Å². The standard InChI is InChI=1S/C11H11Cl2N3/c1-6-15-10(5-14)11(16-6)8-3-2-7(12)4-9(8)13/h2-4H,5,14H2,1H3,(H,15,16). The second-order valence-corrected chi connectivity index (χ2v) is 4.32. The minimum atomic E-state index is 0.398. The summed E-state index contributed by atoms with van der Waals surface area (Å²) in [5, 5.41) is 1.18. The molecule has 1 heterocycles. The van der Waals surface area contributed by atoms with E-state index in [1.807, 2.05) is 13.0 Å². The van der Waals surface area contributed by atoms with E-state index in [2.05, 4.69) is 9.97 Å². The molecule has 0 amide bonds. The lowest BCUT2D eigenvalue weighted by Crippen LogP contribution is -1.98. The first-order valence-corrected chi connectivity index (χ1v) is 5.58. The van der Waals surface area contributed by atoms with Gasteiger partial charge in [0.05, 0.1) is 16.4 Å². The highest BCUT2D eigenvalue weighted by molar-refractivity contribution is 6.36. The number of halogens is 2.